The summed E-state index contributed by atoms with van der Waals surface area (Å²) in [7, 11) is 0. The summed E-state index contributed by atoms with van der Waals surface area (Å²) in [5.41, 5.74) is 0.156. The van der Waals surface area contributed by atoms with Crippen LogP contribution in [0.4, 0.5) is 13.2 Å². The van der Waals surface area contributed by atoms with Crippen LogP contribution in [0.25, 0.3) is 0 Å². The number of rotatable bonds is 6. The number of alkyl halides is 3. The average molecular weight is 331 g/mol. The zero-order chi connectivity index (χ0) is 16.2. The van der Waals surface area contributed by atoms with Crippen molar-refractivity contribution in [3.63, 3.8) is 0 Å². The molecular formula is C13H16F3N5S. The van der Waals surface area contributed by atoms with Gasteiger partial charge in [0.15, 0.2) is 5.16 Å². The first-order valence-corrected chi connectivity index (χ1v) is 8.03. The van der Waals surface area contributed by atoms with Crippen molar-refractivity contribution < 1.29 is 13.2 Å². The van der Waals surface area contributed by atoms with Crippen LogP contribution in [0.5, 0.6) is 0 Å². The van der Waals surface area contributed by atoms with E-state index in [1.807, 2.05) is 0 Å². The van der Waals surface area contributed by atoms with E-state index in [2.05, 4.69) is 27.2 Å². The Hall–Kier alpha value is -1.64. The summed E-state index contributed by atoms with van der Waals surface area (Å²) in [5, 5.41) is 8.03. The predicted molar refractivity (Wildman–Crippen MR) is 76.6 cm³/mol. The van der Waals surface area contributed by atoms with E-state index in [1.165, 1.54) is 4.68 Å². The predicted octanol–water partition coefficient (Wildman–Crippen LogP) is 3.20. The zero-order valence-corrected chi connectivity index (χ0v) is 13.1. The molecule has 0 aromatic carbocycles. The summed E-state index contributed by atoms with van der Waals surface area (Å²) in [5.74, 6) is 0. The highest BCUT2D eigenvalue weighted by atomic mass is 32.2. The number of unbranched alkanes of at least 4 members (excludes halogenated alkanes) is 1. The topological polar surface area (TPSA) is 56.5 Å². The molecule has 2 aromatic rings. The highest BCUT2D eigenvalue weighted by Gasteiger charge is 2.33. The third-order valence-electron chi connectivity index (χ3n) is 2.93. The molecule has 0 aliphatic carbocycles. The molecule has 2 heterocycles. The molecule has 22 heavy (non-hydrogen) atoms. The fourth-order valence-corrected chi connectivity index (χ4v) is 2.24. The Kier molecular flexibility index (Phi) is 5.38. The number of halogens is 3. The van der Waals surface area contributed by atoms with Gasteiger partial charge in [0, 0.05) is 6.20 Å². The summed E-state index contributed by atoms with van der Waals surface area (Å²) in [6, 6.07) is 0.952. The summed E-state index contributed by atoms with van der Waals surface area (Å²) in [6.45, 7) is 2.21. The highest BCUT2D eigenvalue weighted by molar-refractivity contribution is 7.98. The van der Waals surface area contributed by atoms with Gasteiger partial charge in [-0.3, -0.25) is 0 Å². The van der Waals surface area contributed by atoms with Crippen molar-refractivity contribution in [2.75, 3.05) is 6.26 Å². The molecule has 0 aliphatic rings. The van der Waals surface area contributed by atoms with Crippen LogP contribution >= 0.6 is 11.8 Å². The van der Waals surface area contributed by atoms with E-state index in [1.54, 1.807) is 12.5 Å². The van der Waals surface area contributed by atoms with Gasteiger partial charge in [0.1, 0.15) is 5.69 Å². The number of nitrogens with zero attached hydrogens (tertiary/aromatic N) is 5. The first kappa shape index (κ1) is 16.7. The molecule has 0 unspecified atom stereocenters. The van der Waals surface area contributed by atoms with Gasteiger partial charge in [0.2, 0.25) is 0 Å². The highest BCUT2D eigenvalue weighted by Crippen LogP contribution is 2.29. The van der Waals surface area contributed by atoms with Crippen LogP contribution in [-0.2, 0) is 19.1 Å². The van der Waals surface area contributed by atoms with Crippen molar-refractivity contribution in [1.29, 1.82) is 0 Å². The number of aromatic nitrogens is 5. The smallest absolute Gasteiger partial charge is 0.246 e. The molecule has 5 nitrogen and oxygen atoms in total. The molecule has 0 N–H and O–H groups in total. The van der Waals surface area contributed by atoms with Gasteiger partial charge in [-0.05, 0) is 25.2 Å². The van der Waals surface area contributed by atoms with Crippen LogP contribution in [0.15, 0.2) is 17.4 Å². The van der Waals surface area contributed by atoms with Gasteiger partial charge in [-0.1, -0.05) is 30.3 Å². The quantitative estimate of drug-likeness (QED) is 0.601. The van der Waals surface area contributed by atoms with Crippen LogP contribution in [0, 0.1) is 0 Å². The van der Waals surface area contributed by atoms with Gasteiger partial charge in [-0.25, -0.2) is 14.6 Å². The minimum Gasteiger partial charge on any atom is -0.246 e. The molecule has 120 valence electrons. The second-order valence-electron chi connectivity index (χ2n) is 4.74. The lowest BCUT2D eigenvalue weighted by molar-refractivity contribution is -0.141. The largest absolute Gasteiger partial charge is 0.433 e. The molecule has 0 aliphatic heterocycles. The molecule has 2 rings (SSSR count). The van der Waals surface area contributed by atoms with Gasteiger partial charge in [0.25, 0.3) is 0 Å². The molecule has 0 atom stereocenters. The number of aryl methyl sites for hydroxylation is 1. The minimum absolute atomic E-state index is 0.0937. The standard InChI is InChI=1S/C13H16F3N5S/c1-3-4-5-9-7-21(20-19-9)8-10-6-11(13(14,15)16)18-12(17-10)22-2/h6-7H,3-5,8H2,1-2H3. The lowest BCUT2D eigenvalue weighted by Crippen LogP contribution is -2.12. The summed E-state index contributed by atoms with van der Waals surface area (Å²) in [6.07, 6.45) is 1.74. The number of hydrogen-bond donors (Lipinski definition) is 0. The van der Waals surface area contributed by atoms with E-state index in [4.69, 9.17) is 0 Å². The van der Waals surface area contributed by atoms with E-state index in [9.17, 15) is 13.2 Å². The van der Waals surface area contributed by atoms with Crippen molar-refractivity contribution in [1.82, 2.24) is 25.0 Å². The second kappa shape index (κ2) is 7.08. The molecule has 0 amide bonds. The molecule has 0 bridgehead atoms. The van der Waals surface area contributed by atoms with Gasteiger partial charge in [-0.15, -0.1) is 5.10 Å². The summed E-state index contributed by atoms with van der Waals surface area (Å²) >= 11 is 1.07. The van der Waals surface area contributed by atoms with Gasteiger partial charge >= 0.3 is 6.18 Å². The molecule has 0 spiro atoms. The first-order chi connectivity index (χ1) is 10.4. The van der Waals surface area contributed by atoms with E-state index >= 15 is 0 Å². The number of hydrogen-bond acceptors (Lipinski definition) is 5. The van der Waals surface area contributed by atoms with Crippen LogP contribution in [0.3, 0.4) is 0 Å². The van der Waals surface area contributed by atoms with Gasteiger partial charge in [0.05, 0.1) is 17.9 Å². The lowest BCUT2D eigenvalue weighted by Gasteiger charge is -2.09. The molecule has 0 saturated carbocycles. The van der Waals surface area contributed by atoms with E-state index in [0.29, 0.717) is 0 Å². The fourth-order valence-electron chi connectivity index (χ4n) is 1.84. The third-order valence-corrected chi connectivity index (χ3v) is 3.48. The van der Waals surface area contributed by atoms with E-state index < -0.39 is 11.9 Å². The van der Waals surface area contributed by atoms with E-state index in [-0.39, 0.29) is 17.4 Å². The third kappa shape index (κ3) is 4.43. The normalized spacial score (nSPS) is 11.9. The van der Waals surface area contributed by atoms with Crippen LogP contribution in [-0.4, -0.2) is 31.2 Å². The summed E-state index contributed by atoms with van der Waals surface area (Å²) < 4.78 is 40.0. The monoisotopic (exact) mass is 331 g/mol. The Bertz CT molecular complexity index is 626. The SMILES string of the molecule is CCCCc1cn(Cc2cc(C(F)(F)F)nc(SC)n2)nn1. The lowest BCUT2D eigenvalue weighted by atomic mass is 10.2. The Morgan fingerprint density at radius 1 is 1.23 bits per heavy atom. The van der Waals surface area contributed by atoms with Crippen molar-refractivity contribution in [2.24, 2.45) is 0 Å². The summed E-state index contributed by atoms with van der Waals surface area (Å²) in [4.78, 5) is 7.59. The Morgan fingerprint density at radius 2 is 2.00 bits per heavy atom. The van der Waals surface area contributed by atoms with E-state index in [0.717, 1.165) is 42.8 Å². The first-order valence-electron chi connectivity index (χ1n) is 6.80. The maximum Gasteiger partial charge on any atom is 0.433 e. The Labute approximate surface area is 130 Å². The van der Waals surface area contributed by atoms with Gasteiger partial charge < -0.3 is 0 Å². The maximum absolute atomic E-state index is 12.8. The Balaban J connectivity index is 2.19. The Morgan fingerprint density at radius 3 is 2.64 bits per heavy atom. The van der Waals surface area contributed by atoms with Crippen LogP contribution in [0.1, 0.15) is 36.8 Å². The van der Waals surface area contributed by atoms with Crippen molar-refractivity contribution in [3.05, 3.63) is 29.3 Å². The minimum atomic E-state index is -4.49. The fraction of sp³-hybridized carbons (Fsp3) is 0.538. The molecule has 2 aromatic heterocycles. The maximum atomic E-state index is 12.8. The van der Waals surface area contributed by atoms with Crippen molar-refractivity contribution in [2.45, 2.75) is 44.1 Å². The zero-order valence-electron chi connectivity index (χ0n) is 12.3. The van der Waals surface area contributed by atoms with Crippen LogP contribution < -0.4 is 0 Å². The van der Waals surface area contributed by atoms with Crippen molar-refractivity contribution in [3.8, 4) is 0 Å². The molecule has 9 heteroatoms. The molecule has 0 radical (unpaired) electrons. The van der Waals surface area contributed by atoms with Gasteiger partial charge in [-0.2, -0.15) is 13.2 Å². The van der Waals surface area contributed by atoms with Crippen LogP contribution in [0.2, 0.25) is 0 Å². The molecule has 0 saturated heterocycles. The molecule has 0 fully saturated rings. The van der Waals surface area contributed by atoms with Crippen molar-refractivity contribution >= 4 is 11.8 Å². The second-order valence-corrected chi connectivity index (χ2v) is 5.51. The molecular weight excluding hydrogens is 315 g/mol. The number of thioether (sulfide) groups is 1. The average Bonchev–Trinajstić information content (AvgIpc) is 2.91.